The summed E-state index contributed by atoms with van der Waals surface area (Å²) in [6.07, 6.45) is 6.07. The number of carbonyl (C=O) groups is 1. The monoisotopic (exact) mass is 541 g/mol. The molecule has 1 aliphatic rings. The maximum Gasteiger partial charge on any atom is 0.410 e. The van der Waals surface area contributed by atoms with Gasteiger partial charge in [-0.25, -0.2) is 4.79 Å². The molecule has 0 aliphatic carbocycles. The van der Waals surface area contributed by atoms with Crippen LogP contribution in [-0.4, -0.2) is 62.5 Å². The highest BCUT2D eigenvalue weighted by molar-refractivity contribution is 6.31. The Bertz CT molecular complexity index is 1160. The van der Waals surface area contributed by atoms with Crippen LogP contribution in [0.4, 0.5) is 4.79 Å². The molecule has 1 aromatic heterocycles. The molecule has 0 radical (unpaired) electrons. The number of hydrogen-bond acceptors (Lipinski definition) is 5. The van der Waals surface area contributed by atoms with E-state index >= 15 is 0 Å². The van der Waals surface area contributed by atoms with Gasteiger partial charge in [0.05, 0.1) is 13.2 Å². The molecule has 7 nitrogen and oxygen atoms in total. The number of benzene rings is 2. The number of H-pyrrole nitrogens is 1. The Hall–Kier alpha value is -2.74. The minimum atomic E-state index is -0.301. The fourth-order valence-corrected chi connectivity index (χ4v) is 5.29. The largest absolute Gasteiger partial charge is 0.494 e. The second-order valence-electron chi connectivity index (χ2n) is 9.68. The second-order valence-corrected chi connectivity index (χ2v) is 10.1. The number of unbranched alkanes of at least 4 members (excludes halogenated alkanes) is 3. The van der Waals surface area contributed by atoms with Crippen molar-refractivity contribution >= 4 is 28.6 Å². The number of nitrogens with zero attached hydrogens (tertiary/aromatic N) is 1. The Morgan fingerprint density at radius 3 is 2.63 bits per heavy atom. The van der Waals surface area contributed by atoms with E-state index in [1.54, 1.807) is 7.11 Å². The highest BCUT2D eigenvalue weighted by Crippen LogP contribution is 2.39. The van der Waals surface area contributed by atoms with Crippen LogP contribution in [0.15, 0.2) is 42.5 Å². The molecule has 1 unspecified atom stereocenters. The maximum absolute atomic E-state index is 12.9. The molecular weight excluding hydrogens is 502 g/mol. The van der Waals surface area contributed by atoms with Gasteiger partial charge in [-0.15, -0.1) is 0 Å². The number of ether oxygens (including phenoxy) is 3. The molecule has 0 saturated heterocycles. The zero-order valence-corrected chi connectivity index (χ0v) is 23.3. The number of carbonyl (C=O) groups excluding carboxylic acids is 1. The standard InChI is InChI=1S/C30H40ClN3O4/c1-3-37-30(35)34-18-15-25-26-21-23(31)11-14-27(26)33-28(25)29(34)22-9-12-24(13-10-22)38-20-7-5-4-6-16-32-17-8-19-36-2/h9-14,21,29,32-33H,3-8,15-20H2,1-2H3. The van der Waals surface area contributed by atoms with Crippen molar-refractivity contribution < 1.29 is 19.0 Å². The zero-order valence-electron chi connectivity index (χ0n) is 22.6. The lowest BCUT2D eigenvalue weighted by Gasteiger charge is -2.35. The Labute approximate surface area is 230 Å². The summed E-state index contributed by atoms with van der Waals surface area (Å²) in [7, 11) is 1.74. The third-order valence-electron chi connectivity index (χ3n) is 7.01. The van der Waals surface area contributed by atoms with Crippen molar-refractivity contribution in [3.8, 4) is 5.75 Å². The second kappa shape index (κ2) is 14.4. The molecule has 0 spiro atoms. The van der Waals surface area contributed by atoms with Gasteiger partial charge in [-0.3, -0.25) is 4.90 Å². The summed E-state index contributed by atoms with van der Waals surface area (Å²) >= 11 is 6.30. The van der Waals surface area contributed by atoms with Gasteiger partial charge < -0.3 is 24.5 Å². The van der Waals surface area contributed by atoms with Crippen molar-refractivity contribution in [1.82, 2.24) is 15.2 Å². The summed E-state index contributed by atoms with van der Waals surface area (Å²) in [6, 6.07) is 13.7. The molecule has 1 atom stereocenters. The first kappa shape index (κ1) is 28.3. The van der Waals surface area contributed by atoms with Crippen molar-refractivity contribution in [2.24, 2.45) is 0 Å². The van der Waals surface area contributed by atoms with Gasteiger partial charge in [0, 0.05) is 41.9 Å². The Morgan fingerprint density at radius 2 is 1.84 bits per heavy atom. The van der Waals surface area contributed by atoms with Crippen molar-refractivity contribution in [2.75, 3.05) is 46.6 Å². The molecule has 1 aliphatic heterocycles. The highest BCUT2D eigenvalue weighted by Gasteiger charge is 2.35. The molecule has 2 N–H and O–H groups in total. The number of hydrogen-bond donors (Lipinski definition) is 2. The minimum Gasteiger partial charge on any atom is -0.494 e. The van der Waals surface area contributed by atoms with Crippen LogP contribution in [0.5, 0.6) is 5.75 Å². The van der Waals surface area contributed by atoms with E-state index in [9.17, 15) is 4.79 Å². The van der Waals surface area contributed by atoms with Gasteiger partial charge in [-0.05, 0) is 87.2 Å². The lowest BCUT2D eigenvalue weighted by atomic mass is 9.92. The molecule has 0 saturated carbocycles. The fourth-order valence-electron chi connectivity index (χ4n) is 5.12. The average molecular weight is 542 g/mol. The number of nitrogens with one attached hydrogen (secondary N) is 2. The number of methoxy groups -OCH3 is 1. The van der Waals surface area contributed by atoms with Gasteiger partial charge >= 0.3 is 6.09 Å². The van der Waals surface area contributed by atoms with E-state index in [-0.39, 0.29) is 12.1 Å². The molecule has 2 heterocycles. The summed E-state index contributed by atoms with van der Waals surface area (Å²) in [5.41, 5.74) is 4.26. The van der Waals surface area contributed by atoms with E-state index in [0.717, 1.165) is 73.3 Å². The number of amides is 1. The van der Waals surface area contributed by atoms with Gasteiger partial charge in [0.1, 0.15) is 11.8 Å². The van der Waals surface area contributed by atoms with Crippen LogP contribution in [0.3, 0.4) is 0 Å². The molecule has 4 rings (SSSR count). The zero-order chi connectivity index (χ0) is 26.7. The van der Waals surface area contributed by atoms with Crippen molar-refractivity contribution in [3.05, 3.63) is 64.3 Å². The van der Waals surface area contributed by atoms with Crippen LogP contribution >= 0.6 is 11.6 Å². The van der Waals surface area contributed by atoms with Crippen molar-refractivity contribution in [1.29, 1.82) is 0 Å². The summed E-state index contributed by atoms with van der Waals surface area (Å²) < 4.78 is 16.5. The predicted molar refractivity (Wildman–Crippen MR) is 152 cm³/mol. The Kier molecular flexibility index (Phi) is 10.7. The molecule has 0 bridgehead atoms. The van der Waals surface area contributed by atoms with Gasteiger partial charge in [-0.2, -0.15) is 0 Å². The van der Waals surface area contributed by atoms with E-state index in [0.29, 0.717) is 24.8 Å². The van der Waals surface area contributed by atoms with E-state index in [2.05, 4.69) is 22.4 Å². The molecular formula is C30H40ClN3O4. The smallest absolute Gasteiger partial charge is 0.410 e. The summed E-state index contributed by atoms with van der Waals surface area (Å²) in [5.74, 6) is 0.843. The highest BCUT2D eigenvalue weighted by atomic mass is 35.5. The van der Waals surface area contributed by atoms with Crippen LogP contribution in [-0.2, 0) is 15.9 Å². The van der Waals surface area contributed by atoms with Crippen LogP contribution < -0.4 is 10.1 Å². The molecule has 0 fully saturated rings. The number of halogens is 1. The van der Waals surface area contributed by atoms with Gasteiger partial charge in [-0.1, -0.05) is 36.6 Å². The van der Waals surface area contributed by atoms with E-state index in [1.165, 1.54) is 18.4 Å². The van der Waals surface area contributed by atoms with Crippen LogP contribution in [0.2, 0.25) is 5.02 Å². The van der Waals surface area contributed by atoms with Crippen molar-refractivity contribution in [2.45, 2.75) is 51.5 Å². The molecule has 38 heavy (non-hydrogen) atoms. The maximum atomic E-state index is 12.9. The minimum absolute atomic E-state index is 0.263. The summed E-state index contributed by atoms with van der Waals surface area (Å²) in [5, 5.41) is 5.27. The third-order valence-corrected chi connectivity index (χ3v) is 7.24. The lowest BCUT2D eigenvalue weighted by molar-refractivity contribution is 0.0932. The van der Waals surface area contributed by atoms with Crippen molar-refractivity contribution in [3.63, 3.8) is 0 Å². The van der Waals surface area contributed by atoms with E-state index < -0.39 is 0 Å². The van der Waals surface area contributed by atoms with Crippen LogP contribution in [0, 0.1) is 0 Å². The molecule has 8 heteroatoms. The normalized spacial score (nSPS) is 15.0. The fraction of sp³-hybridized carbons (Fsp3) is 0.500. The summed E-state index contributed by atoms with van der Waals surface area (Å²) in [6.45, 7) is 6.34. The van der Waals surface area contributed by atoms with E-state index in [4.69, 9.17) is 25.8 Å². The first-order chi connectivity index (χ1) is 18.6. The molecule has 2 aromatic carbocycles. The van der Waals surface area contributed by atoms with Crippen LogP contribution in [0.25, 0.3) is 10.9 Å². The Balaban J connectivity index is 1.35. The molecule has 3 aromatic rings. The average Bonchev–Trinajstić information content (AvgIpc) is 3.29. The quantitative estimate of drug-likeness (QED) is 0.228. The SMILES string of the molecule is CCOC(=O)N1CCc2c([nH]c3ccc(Cl)cc23)C1c1ccc(OCCCCCCNCCCOC)cc1. The predicted octanol–water partition coefficient (Wildman–Crippen LogP) is 6.49. The number of aromatic amines is 1. The number of rotatable bonds is 14. The lowest BCUT2D eigenvalue weighted by Crippen LogP contribution is -2.40. The van der Waals surface area contributed by atoms with Crippen LogP contribution in [0.1, 0.15) is 61.9 Å². The Morgan fingerprint density at radius 1 is 1.05 bits per heavy atom. The molecule has 1 amide bonds. The first-order valence-corrected chi connectivity index (χ1v) is 14.2. The van der Waals surface area contributed by atoms with Gasteiger partial charge in [0.2, 0.25) is 0 Å². The van der Waals surface area contributed by atoms with Gasteiger partial charge in [0.15, 0.2) is 0 Å². The topological polar surface area (TPSA) is 75.8 Å². The number of aromatic nitrogens is 1. The van der Waals surface area contributed by atoms with E-state index in [1.807, 2.05) is 42.2 Å². The number of fused-ring (bicyclic) bond motifs is 3. The molecule has 206 valence electrons. The van der Waals surface area contributed by atoms with Gasteiger partial charge in [0.25, 0.3) is 0 Å². The third kappa shape index (κ3) is 7.22. The summed E-state index contributed by atoms with van der Waals surface area (Å²) in [4.78, 5) is 18.3. The first-order valence-electron chi connectivity index (χ1n) is 13.8.